The molecule has 0 aromatic rings. The second kappa shape index (κ2) is 14.7. The Kier molecular flexibility index (Phi) is 14.3. The first-order valence-corrected chi connectivity index (χ1v) is 10.2. The molecule has 0 aromatic heterocycles. The van der Waals surface area contributed by atoms with Crippen LogP contribution in [-0.2, 0) is 4.79 Å². The van der Waals surface area contributed by atoms with E-state index in [1.807, 2.05) is 0 Å². The fourth-order valence-electron chi connectivity index (χ4n) is 3.18. The number of allylic oxidation sites excluding steroid dienone is 2. The monoisotopic (exact) mass is 337 g/mol. The smallest absolute Gasteiger partial charge is 0.150 e. The summed E-state index contributed by atoms with van der Waals surface area (Å²) in [5.74, 6) is 2.70. The molecule has 0 saturated heterocycles. The maximum atomic E-state index is 11.2. The SMILES string of the molecule is CC(=CCC(=O)CN)CCCC(C)CCCC(C)CCCC(C)C. The molecular formula is C22H43NO. The third-order valence-electron chi connectivity index (χ3n) is 5.05. The van der Waals surface area contributed by atoms with Gasteiger partial charge in [-0.2, -0.15) is 0 Å². The minimum atomic E-state index is 0.130. The van der Waals surface area contributed by atoms with Crippen molar-refractivity contribution in [3.05, 3.63) is 11.6 Å². The van der Waals surface area contributed by atoms with E-state index in [2.05, 4.69) is 40.7 Å². The number of rotatable bonds is 15. The lowest BCUT2D eigenvalue weighted by Gasteiger charge is -2.15. The van der Waals surface area contributed by atoms with Crippen LogP contribution in [0, 0.1) is 17.8 Å². The molecule has 0 bridgehead atoms. The van der Waals surface area contributed by atoms with Gasteiger partial charge in [-0.05, 0) is 37.5 Å². The predicted octanol–water partition coefficient (Wildman–Crippen LogP) is 6.29. The van der Waals surface area contributed by atoms with Crippen LogP contribution >= 0.6 is 0 Å². The molecule has 0 rings (SSSR count). The summed E-state index contributed by atoms with van der Waals surface area (Å²) in [5.41, 5.74) is 6.66. The first kappa shape index (κ1) is 23.4. The molecule has 0 spiro atoms. The average molecular weight is 338 g/mol. The van der Waals surface area contributed by atoms with Crippen LogP contribution < -0.4 is 5.73 Å². The Hall–Kier alpha value is -0.630. The van der Waals surface area contributed by atoms with Gasteiger partial charge >= 0.3 is 0 Å². The van der Waals surface area contributed by atoms with Crippen molar-refractivity contribution >= 4 is 5.78 Å². The van der Waals surface area contributed by atoms with Crippen LogP contribution in [0.5, 0.6) is 0 Å². The number of carbonyl (C=O) groups excluding carboxylic acids is 1. The summed E-state index contributed by atoms with van der Waals surface area (Å²) >= 11 is 0. The van der Waals surface area contributed by atoms with Gasteiger partial charge in [-0.1, -0.05) is 84.3 Å². The fourth-order valence-corrected chi connectivity index (χ4v) is 3.18. The van der Waals surface area contributed by atoms with Gasteiger partial charge in [0, 0.05) is 6.42 Å². The molecule has 2 nitrogen and oxygen atoms in total. The Balaban J connectivity index is 3.65. The van der Waals surface area contributed by atoms with Gasteiger partial charge < -0.3 is 5.73 Å². The Morgan fingerprint density at radius 2 is 1.38 bits per heavy atom. The van der Waals surface area contributed by atoms with Crippen LogP contribution in [0.2, 0.25) is 0 Å². The Morgan fingerprint density at radius 3 is 1.88 bits per heavy atom. The molecule has 0 radical (unpaired) electrons. The van der Waals surface area contributed by atoms with E-state index in [1.54, 1.807) is 0 Å². The normalized spacial score (nSPS) is 14.9. The second-order valence-electron chi connectivity index (χ2n) is 8.36. The van der Waals surface area contributed by atoms with Gasteiger partial charge in [-0.3, -0.25) is 4.79 Å². The number of hydrogen-bond acceptors (Lipinski definition) is 2. The second-order valence-corrected chi connectivity index (χ2v) is 8.36. The molecule has 0 aromatic carbocycles. The van der Waals surface area contributed by atoms with Crippen LogP contribution in [0.3, 0.4) is 0 Å². The maximum absolute atomic E-state index is 11.2. The highest BCUT2D eigenvalue weighted by atomic mass is 16.1. The van der Waals surface area contributed by atoms with E-state index in [0.29, 0.717) is 6.42 Å². The molecule has 0 heterocycles. The molecule has 2 unspecified atom stereocenters. The summed E-state index contributed by atoms with van der Waals surface area (Å²) in [6, 6.07) is 0. The van der Waals surface area contributed by atoms with Crippen molar-refractivity contribution in [1.82, 2.24) is 0 Å². The van der Waals surface area contributed by atoms with Crippen LogP contribution in [0.4, 0.5) is 0 Å². The third kappa shape index (κ3) is 14.9. The zero-order valence-electron chi connectivity index (χ0n) is 17.1. The maximum Gasteiger partial charge on any atom is 0.150 e. The van der Waals surface area contributed by atoms with E-state index < -0.39 is 0 Å². The van der Waals surface area contributed by atoms with Crippen molar-refractivity contribution in [2.24, 2.45) is 23.5 Å². The van der Waals surface area contributed by atoms with Crippen molar-refractivity contribution in [3.8, 4) is 0 Å². The summed E-state index contributed by atoms with van der Waals surface area (Å²) < 4.78 is 0. The first-order valence-electron chi connectivity index (χ1n) is 10.2. The molecular weight excluding hydrogens is 294 g/mol. The van der Waals surface area contributed by atoms with Crippen molar-refractivity contribution in [2.75, 3.05) is 6.54 Å². The van der Waals surface area contributed by atoms with Gasteiger partial charge in [0.2, 0.25) is 0 Å². The third-order valence-corrected chi connectivity index (χ3v) is 5.05. The quantitative estimate of drug-likeness (QED) is 0.357. The average Bonchev–Trinajstić information content (AvgIpc) is 2.52. The Bertz CT molecular complexity index is 346. The molecule has 0 aliphatic heterocycles. The van der Waals surface area contributed by atoms with Crippen LogP contribution in [0.25, 0.3) is 0 Å². The van der Waals surface area contributed by atoms with E-state index in [9.17, 15) is 4.79 Å². The predicted molar refractivity (Wildman–Crippen MR) is 107 cm³/mol. The number of carbonyl (C=O) groups is 1. The van der Waals surface area contributed by atoms with Gasteiger partial charge in [-0.25, -0.2) is 0 Å². The topological polar surface area (TPSA) is 43.1 Å². The molecule has 2 N–H and O–H groups in total. The molecule has 0 aliphatic rings. The van der Waals surface area contributed by atoms with Crippen molar-refractivity contribution in [2.45, 2.75) is 98.8 Å². The van der Waals surface area contributed by atoms with Crippen LogP contribution in [0.1, 0.15) is 98.8 Å². The van der Waals surface area contributed by atoms with Gasteiger partial charge in [0.1, 0.15) is 5.78 Å². The fraction of sp³-hybridized carbons (Fsp3) is 0.864. The zero-order chi connectivity index (χ0) is 18.4. The van der Waals surface area contributed by atoms with Gasteiger partial charge in [0.05, 0.1) is 6.54 Å². The number of ketones is 1. The van der Waals surface area contributed by atoms with E-state index in [4.69, 9.17) is 5.73 Å². The van der Waals surface area contributed by atoms with Crippen molar-refractivity contribution < 1.29 is 4.79 Å². The standard InChI is InChI=1S/C22H43NO/c1-18(2)9-6-10-19(3)11-7-12-20(4)13-8-14-21(5)15-16-22(24)17-23/h15,18-20H,6-14,16-17,23H2,1-5H3. The number of nitrogens with two attached hydrogens (primary N) is 1. The Labute approximate surface area is 151 Å². The van der Waals surface area contributed by atoms with Gasteiger partial charge in [0.25, 0.3) is 0 Å². The minimum absolute atomic E-state index is 0.130. The first-order chi connectivity index (χ1) is 11.3. The highest BCUT2D eigenvalue weighted by Gasteiger charge is 2.06. The molecule has 0 amide bonds. The molecule has 2 heteroatoms. The molecule has 0 aliphatic carbocycles. The van der Waals surface area contributed by atoms with E-state index in [-0.39, 0.29) is 12.3 Å². The number of Topliss-reactive ketones (excluding diaryl/α,β-unsaturated/α-hetero) is 1. The lowest BCUT2D eigenvalue weighted by molar-refractivity contribution is -0.116. The molecule has 24 heavy (non-hydrogen) atoms. The lowest BCUT2D eigenvalue weighted by atomic mass is 9.91. The molecule has 2 atom stereocenters. The highest BCUT2D eigenvalue weighted by molar-refractivity contribution is 5.81. The summed E-state index contributed by atoms with van der Waals surface area (Å²) in [5, 5.41) is 0. The molecule has 0 fully saturated rings. The zero-order valence-corrected chi connectivity index (χ0v) is 17.1. The highest BCUT2D eigenvalue weighted by Crippen LogP contribution is 2.22. The van der Waals surface area contributed by atoms with Gasteiger partial charge in [0.15, 0.2) is 0 Å². The minimum Gasteiger partial charge on any atom is -0.324 e. The summed E-state index contributed by atoms with van der Waals surface area (Å²) in [7, 11) is 0. The van der Waals surface area contributed by atoms with Crippen molar-refractivity contribution in [1.29, 1.82) is 0 Å². The van der Waals surface area contributed by atoms with Crippen LogP contribution in [-0.4, -0.2) is 12.3 Å². The van der Waals surface area contributed by atoms with E-state index >= 15 is 0 Å². The van der Waals surface area contributed by atoms with Gasteiger partial charge in [-0.15, -0.1) is 0 Å². The van der Waals surface area contributed by atoms with Crippen molar-refractivity contribution in [3.63, 3.8) is 0 Å². The summed E-state index contributed by atoms with van der Waals surface area (Å²) in [4.78, 5) is 11.2. The van der Waals surface area contributed by atoms with Crippen LogP contribution in [0.15, 0.2) is 11.6 Å². The van der Waals surface area contributed by atoms with E-state index in [1.165, 1.54) is 56.9 Å². The number of hydrogen-bond donors (Lipinski definition) is 1. The lowest BCUT2D eigenvalue weighted by Crippen LogP contribution is -2.11. The largest absolute Gasteiger partial charge is 0.324 e. The molecule has 0 saturated carbocycles. The summed E-state index contributed by atoms with van der Waals surface area (Å²) in [6.07, 6.45) is 14.5. The molecule has 142 valence electrons. The van der Waals surface area contributed by atoms with E-state index in [0.717, 1.165) is 24.2 Å². The summed E-state index contributed by atoms with van der Waals surface area (Å²) in [6.45, 7) is 11.7. The Morgan fingerprint density at radius 1 is 0.875 bits per heavy atom.